The van der Waals surface area contributed by atoms with Crippen molar-refractivity contribution in [2.75, 3.05) is 0 Å². The van der Waals surface area contributed by atoms with E-state index in [0.717, 1.165) is 11.8 Å². The van der Waals surface area contributed by atoms with Gasteiger partial charge in [-0.2, -0.15) is 0 Å². The van der Waals surface area contributed by atoms with Gasteiger partial charge in [-0.3, -0.25) is 4.79 Å². The second-order valence-corrected chi connectivity index (χ2v) is 4.75. The van der Waals surface area contributed by atoms with Crippen molar-refractivity contribution in [1.29, 1.82) is 0 Å². The minimum absolute atomic E-state index is 0.214. The monoisotopic (exact) mass is 298 g/mol. The molecule has 2 aromatic rings. The Kier molecular flexibility index (Phi) is 6.18. The third-order valence-electron chi connectivity index (χ3n) is 3.01. The molecule has 0 fully saturated rings. The van der Waals surface area contributed by atoms with Crippen molar-refractivity contribution in [3.63, 3.8) is 0 Å². The van der Waals surface area contributed by atoms with Gasteiger partial charge in [-0.05, 0) is 24.1 Å². The van der Waals surface area contributed by atoms with E-state index in [0.29, 0.717) is 30.9 Å². The second kappa shape index (κ2) is 8.62. The van der Waals surface area contributed by atoms with Crippen LogP contribution in [-0.4, -0.2) is 12.3 Å². The molecule has 2 aromatic carbocycles. The van der Waals surface area contributed by atoms with Gasteiger partial charge in [0.05, 0.1) is 0 Å². The molecule has 4 nitrogen and oxygen atoms in total. The zero-order valence-electron chi connectivity index (χ0n) is 12.2. The second-order valence-electron chi connectivity index (χ2n) is 4.75. The first-order valence-corrected chi connectivity index (χ1v) is 7.19. The van der Waals surface area contributed by atoms with Crippen LogP contribution in [-0.2, 0) is 16.2 Å². The van der Waals surface area contributed by atoms with Gasteiger partial charge in [0.25, 0.3) is 0 Å². The number of ether oxygens (including phenoxy) is 2. The van der Waals surface area contributed by atoms with E-state index in [1.54, 1.807) is 18.2 Å². The molecular weight excluding hydrogens is 280 g/mol. The van der Waals surface area contributed by atoms with Crippen molar-refractivity contribution in [2.24, 2.45) is 0 Å². The van der Waals surface area contributed by atoms with Gasteiger partial charge in [0.15, 0.2) is 11.5 Å². The minimum atomic E-state index is -0.363. The van der Waals surface area contributed by atoms with E-state index in [9.17, 15) is 9.59 Å². The zero-order valence-corrected chi connectivity index (χ0v) is 12.2. The fourth-order valence-corrected chi connectivity index (χ4v) is 1.89. The fourth-order valence-electron chi connectivity index (χ4n) is 1.89. The zero-order chi connectivity index (χ0) is 15.6. The van der Waals surface area contributed by atoms with E-state index in [2.05, 4.69) is 0 Å². The Bertz CT molecular complexity index is 607. The normalized spacial score (nSPS) is 10.0. The highest BCUT2D eigenvalue weighted by Crippen LogP contribution is 2.27. The van der Waals surface area contributed by atoms with Gasteiger partial charge in [-0.1, -0.05) is 42.5 Å². The first-order chi connectivity index (χ1) is 10.8. The molecular formula is C18H18O4. The smallest absolute Gasteiger partial charge is 0.311 e. The molecule has 0 amide bonds. The Morgan fingerprint density at radius 2 is 1.64 bits per heavy atom. The number of hydrogen-bond acceptors (Lipinski definition) is 4. The fraction of sp³-hybridized carbons (Fsp3) is 0.222. The highest BCUT2D eigenvalue weighted by molar-refractivity contribution is 5.73. The summed E-state index contributed by atoms with van der Waals surface area (Å²) in [7, 11) is 0. The van der Waals surface area contributed by atoms with Crippen molar-refractivity contribution in [3.05, 3.63) is 60.2 Å². The van der Waals surface area contributed by atoms with Crippen LogP contribution < -0.4 is 9.47 Å². The number of rotatable bonds is 8. The molecule has 0 saturated carbocycles. The van der Waals surface area contributed by atoms with E-state index in [1.165, 1.54) is 0 Å². The average Bonchev–Trinajstić information content (AvgIpc) is 2.55. The molecule has 0 aliphatic carbocycles. The summed E-state index contributed by atoms with van der Waals surface area (Å²) in [6, 6.07) is 16.8. The molecule has 114 valence electrons. The Hall–Kier alpha value is -2.62. The third-order valence-corrected chi connectivity index (χ3v) is 3.01. The molecule has 0 aliphatic rings. The van der Waals surface area contributed by atoms with E-state index in [4.69, 9.17) is 9.47 Å². The number of esters is 1. The van der Waals surface area contributed by atoms with Crippen molar-refractivity contribution in [3.8, 4) is 11.5 Å². The van der Waals surface area contributed by atoms with E-state index in [1.807, 2.05) is 36.4 Å². The van der Waals surface area contributed by atoms with Crippen LogP contribution in [0.2, 0.25) is 0 Å². The third kappa shape index (κ3) is 5.05. The molecule has 0 unspecified atom stereocenters. The molecule has 0 atom stereocenters. The van der Waals surface area contributed by atoms with Crippen molar-refractivity contribution < 1.29 is 19.1 Å². The largest absolute Gasteiger partial charge is 0.485 e. The first-order valence-electron chi connectivity index (χ1n) is 7.19. The van der Waals surface area contributed by atoms with Gasteiger partial charge < -0.3 is 14.3 Å². The van der Waals surface area contributed by atoms with Crippen LogP contribution in [0.25, 0.3) is 0 Å². The standard InChI is InChI=1S/C18H18O4/c19-13-7-6-12-18(20)22-17-11-5-4-10-16(17)21-14-15-8-2-1-3-9-15/h1-5,8-11,13H,6-7,12,14H2. The van der Waals surface area contributed by atoms with Crippen molar-refractivity contribution >= 4 is 12.3 Å². The van der Waals surface area contributed by atoms with Gasteiger partial charge in [0, 0.05) is 12.8 Å². The van der Waals surface area contributed by atoms with E-state index in [-0.39, 0.29) is 12.4 Å². The molecule has 0 radical (unpaired) electrons. The molecule has 0 saturated heterocycles. The summed E-state index contributed by atoms with van der Waals surface area (Å²) < 4.78 is 11.0. The van der Waals surface area contributed by atoms with Crippen LogP contribution in [0, 0.1) is 0 Å². The highest BCUT2D eigenvalue weighted by Gasteiger charge is 2.10. The number of benzene rings is 2. The van der Waals surface area contributed by atoms with Crippen LogP contribution in [0.4, 0.5) is 0 Å². The molecule has 22 heavy (non-hydrogen) atoms. The van der Waals surface area contributed by atoms with Crippen LogP contribution in [0.5, 0.6) is 11.5 Å². The van der Waals surface area contributed by atoms with Crippen LogP contribution in [0.3, 0.4) is 0 Å². The molecule has 4 heteroatoms. The Labute approximate surface area is 129 Å². The lowest BCUT2D eigenvalue weighted by Crippen LogP contribution is -2.09. The molecule has 2 rings (SSSR count). The van der Waals surface area contributed by atoms with Gasteiger partial charge in [-0.25, -0.2) is 0 Å². The predicted octanol–water partition coefficient (Wildman–Crippen LogP) is 3.54. The lowest BCUT2D eigenvalue weighted by molar-refractivity contribution is -0.134. The summed E-state index contributed by atoms with van der Waals surface area (Å²) in [5.41, 5.74) is 1.04. The SMILES string of the molecule is O=CCCCC(=O)Oc1ccccc1OCc1ccccc1. The summed E-state index contributed by atoms with van der Waals surface area (Å²) in [5.74, 6) is 0.558. The molecule has 0 heterocycles. The van der Waals surface area contributed by atoms with Crippen molar-refractivity contribution in [1.82, 2.24) is 0 Å². The number of unbranched alkanes of at least 4 members (excludes halogenated alkanes) is 1. The van der Waals surface area contributed by atoms with Gasteiger partial charge in [0.1, 0.15) is 12.9 Å². The van der Waals surface area contributed by atoms with Crippen LogP contribution >= 0.6 is 0 Å². The molecule has 0 spiro atoms. The quantitative estimate of drug-likeness (QED) is 0.324. The maximum atomic E-state index is 11.7. The molecule has 0 aliphatic heterocycles. The number of aldehydes is 1. The van der Waals surface area contributed by atoms with Crippen LogP contribution in [0.15, 0.2) is 54.6 Å². The van der Waals surface area contributed by atoms with E-state index < -0.39 is 0 Å². The van der Waals surface area contributed by atoms with Gasteiger partial charge >= 0.3 is 5.97 Å². The number of hydrogen-bond donors (Lipinski definition) is 0. The summed E-state index contributed by atoms with van der Waals surface area (Å²) >= 11 is 0. The summed E-state index contributed by atoms with van der Waals surface area (Å²) in [5, 5.41) is 0. The lowest BCUT2D eigenvalue weighted by Gasteiger charge is -2.11. The minimum Gasteiger partial charge on any atom is -0.485 e. The Morgan fingerprint density at radius 3 is 2.36 bits per heavy atom. The van der Waals surface area contributed by atoms with Crippen molar-refractivity contribution in [2.45, 2.75) is 25.9 Å². The van der Waals surface area contributed by atoms with Gasteiger partial charge in [-0.15, -0.1) is 0 Å². The lowest BCUT2D eigenvalue weighted by atomic mass is 10.2. The maximum absolute atomic E-state index is 11.7. The summed E-state index contributed by atoms with van der Waals surface area (Å²) in [4.78, 5) is 22.0. The maximum Gasteiger partial charge on any atom is 0.311 e. The topological polar surface area (TPSA) is 52.6 Å². The molecule has 0 N–H and O–H groups in total. The Balaban J connectivity index is 1.94. The van der Waals surface area contributed by atoms with Gasteiger partial charge in [0.2, 0.25) is 0 Å². The van der Waals surface area contributed by atoms with E-state index >= 15 is 0 Å². The first kappa shape index (κ1) is 15.8. The predicted molar refractivity (Wildman–Crippen MR) is 82.8 cm³/mol. The number of carbonyl (C=O) groups is 2. The molecule has 0 aromatic heterocycles. The highest BCUT2D eigenvalue weighted by atomic mass is 16.6. The molecule has 0 bridgehead atoms. The average molecular weight is 298 g/mol. The summed E-state index contributed by atoms with van der Waals surface area (Å²) in [6.45, 7) is 0.403. The summed E-state index contributed by atoms with van der Waals surface area (Å²) in [6.07, 6.45) is 1.87. The van der Waals surface area contributed by atoms with Crippen LogP contribution in [0.1, 0.15) is 24.8 Å². The number of para-hydroxylation sites is 2. The number of carbonyl (C=O) groups excluding carboxylic acids is 2. The Morgan fingerprint density at radius 1 is 0.955 bits per heavy atom.